The molecule has 30 heavy (non-hydrogen) atoms. The van der Waals surface area contributed by atoms with E-state index in [4.69, 9.17) is 17.2 Å². The smallest absolute Gasteiger partial charge is 0.326 e. The van der Waals surface area contributed by atoms with Gasteiger partial charge in [0, 0.05) is 12.3 Å². The molecule has 0 aliphatic carbocycles. The number of amides is 3. The molecule has 14 heteroatoms. The van der Waals surface area contributed by atoms with E-state index in [-0.39, 0.29) is 24.7 Å². The first-order chi connectivity index (χ1) is 14.1. The quantitative estimate of drug-likeness (QED) is 0.0542. The standard InChI is InChI=1S/C16H31N7O5S2/c1-30-6-4-10(23-13(25)9(17)8-29)14(26)21-7-12(24)22-11(15(27)28)3-2-5-20-16(18)19/h9-11,29H,2-8,17H2,1H3,(H,21,26)(H,22,24)(H,23,25)(H,27,28)(H4,18,19,20). The van der Waals surface area contributed by atoms with Gasteiger partial charge in [-0.2, -0.15) is 24.4 Å². The fourth-order valence-corrected chi connectivity index (χ4v) is 2.80. The van der Waals surface area contributed by atoms with Gasteiger partial charge in [-0.3, -0.25) is 19.4 Å². The number of aliphatic imine (C=N–C) groups is 1. The lowest BCUT2D eigenvalue weighted by Gasteiger charge is -2.20. The van der Waals surface area contributed by atoms with E-state index < -0.39 is 48.4 Å². The molecular weight excluding hydrogens is 434 g/mol. The minimum Gasteiger partial charge on any atom is -0.480 e. The largest absolute Gasteiger partial charge is 0.480 e. The average Bonchev–Trinajstić information content (AvgIpc) is 2.70. The monoisotopic (exact) mass is 465 g/mol. The highest BCUT2D eigenvalue weighted by Crippen LogP contribution is 2.02. The Labute approximate surface area is 184 Å². The van der Waals surface area contributed by atoms with Crippen molar-refractivity contribution < 1.29 is 24.3 Å². The number of nitrogens with two attached hydrogens (primary N) is 3. The molecule has 12 nitrogen and oxygen atoms in total. The first kappa shape index (κ1) is 27.8. The van der Waals surface area contributed by atoms with Gasteiger partial charge in [-0.05, 0) is 31.3 Å². The third-order valence-corrected chi connectivity index (χ3v) is 4.82. The topological polar surface area (TPSA) is 215 Å². The lowest BCUT2D eigenvalue weighted by Crippen LogP contribution is -2.54. The Balaban J connectivity index is 4.68. The minimum absolute atomic E-state index is 0.105. The van der Waals surface area contributed by atoms with E-state index in [2.05, 4.69) is 33.6 Å². The van der Waals surface area contributed by atoms with Gasteiger partial charge >= 0.3 is 5.97 Å². The number of nitrogens with zero attached hydrogens (tertiary/aromatic N) is 1. The van der Waals surface area contributed by atoms with Gasteiger partial charge in [0.25, 0.3) is 0 Å². The van der Waals surface area contributed by atoms with Crippen LogP contribution in [0.25, 0.3) is 0 Å². The van der Waals surface area contributed by atoms with E-state index >= 15 is 0 Å². The first-order valence-corrected chi connectivity index (χ1v) is 11.2. The molecule has 10 N–H and O–H groups in total. The molecule has 3 atom stereocenters. The molecule has 0 aromatic carbocycles. The van der Waals surface area contributed by atoms with Gasteiger partial charge in [-0.15, -0.1) is 0 Å². The van der Waals surface area contributed by atoms with Gasteiger partial charge in [0.05, 0.1) is 12.6 Å². The molecule has 0 heterocycles. The summed E-state index contributed by atoms with van der Waals surface area (Å²) in [5.41, 5.74) is 16.0. The summed E-state index contributed by atoms with van der Waals surface area (Å²) in [5, 5.41) is 16.5. The van der Waals surface area contributed by atoms with Crippen LogP contribution in [0, 0.1) is 0 Å². The summed E-state index contributed by atoms with van der Waals surface area (Å²) in [6, 6.07) is -2.89. The number of carbonyl (C=O) groups excluding carboxylic acids is 3. The predicted molar refractivity (Wildman–Crippen MR) is 119 cm³/mol. The number of guanidine groups is 1. The van der Waals surface area contributed by atoms with Crippen LogP contribution in [-0.4, -0.2) is 83.7 Å². The number of hydrogen-bond donors (Lipinski definition) is 8. The number of nitrogens with one attached hydrogen (secondary N) is 3. The van der Waals surface area contributed by atoms with Crippen LogP contribution in [0.4, 0.5) is 0 Å². The second-order valence-corrected chi connectivity index (χ2v) is 7.61. The Kier molecular flexibility index (Phi) is 14.5. The molecule has 0 spiro atoms. The fraction of sp³-hybridized carbons (Fsp3) is 0.688. The molecule has 0 radical (unpaired) electrons. The Morgan fingerprint density at radius 1 is 1.10 bits per heavy atom. The number of carboxylic acid groups (broad SMARTS) is 1. The zero-order valence-corrected chi connectivity index (χ0v) is 18.5. The Morgan fingerprint density at radius 3 is 2.30 bits per heavy atom. The Morgan fingerprint density at radius 2 is 1.77 bits per heavy atom. The second kappa shape index (κ2) is 15.6. The number of carboxylic acids is 1. The van der Waals surface area contributed by atoms with Crippen molar-refractivity contribution in [1.82, 2.24) is 16.0 Å². The van der Waals surface area contributed by atoms with Gasteiger partial charge in [0.1, 0.15) is 12.1 Å². The van der Waals surface area contributed by atoms with Crippen molar-refractivity contribution in [3.63, 3.8) is 0 Å². The number of thioether (sulfide) groups is 1. The highest BCUT2D eigenvalue weighted by Gasteiger charge is 2.24. The van der Waals surface area contributed by atoms with Crippen LogP contribution in [0.15, 0.2) is 4.99 Å². The maximum absolute atomic E-state index is 12.4. The third kappa shape index (κ3) is 12.4. The Hall–Kier alpha value is -2.19. The normalized spacial score (nSPS) is 13.4. The molecule has 0 fully saturated rings. The van der Waals surface area contributed by atoms with Gasteiger partial charge in [0.15, 0.2) is 5.96 Å². The highest BCUT2D eigenvalue weighted by atomic mass is 32.2. The molecule has 0 aliphatic heterocycles. The van der Waals surface area contributed by atoms with E-state index in [0.29, 0.717) is 18.6 Å². The van der Waals surface area contributed by atoms with Crippen molar-refractivity contribution in [2.75, 3.05) is 30.9 Å². The molecule has 0 aromatic heterocycles. The molecule has 0 aliphatic rings. The number of carbonyl (C=O) groups is 4. The molecule has 0 rings (SSSR count). The zero-order chi connectivity index (χ0) is 23.1. The summed E-state index contributed by atoms with van der Waals surface area (Å²) in [4.78, 5) is 51.4. The van der Waals surface area contributed by atoms with E-state index in [0.717, 1.165) is 0 Å². The van der Waals surface area contributed by atoms with Crippen molar-refractivity contribution in [3.8, 4) is 0 Å². The van der Waals surface area contributed by atoms with E-state index in [1.54, 1.807) is 0 Å². The number of hydrogen-bond acceptors (Lipinski definition) is 8. The van der Waals surface area contributed by atoms with Crippen molar-refractivity contribution in [1.29, 1.82) is 0 Å². The van der Waals surface area contributed by atoms with E-state index in [1.807, 2.05) is 6.26 Å². The molecule has 172 valence electrons. The van der Waals surface area contributed by atoms with Crippen molar-refractivity contribution in [2.24, 2.45) is 22.2 Å². The summed E-state index contributed by atoms with van der Waals surface area (Å²) in [6.45, 7) is -0.218. The van der Waals surface area contributed by atoms with Crippen molar-refractivity contribution in [2.45, 2.75) is 37.4 Å². The summed E-state index contributed by atoms with van der Waals surface area (Å²) < 4.78 is 0. The minimum atomic E-state index is -1.22. The van der Waals surface area contributed by atoms with Crippen LogP contribution in [0.2, 0.25) is 0 Å². The SMILES string of the molecule is CSCCC(NC(=O)C(N)CS)C(=O)NCC(=O)NC(CCCN=C(N)N)C(=O)O. The van der Waals surface area contributed by atoms with Gasteiger partial charge in [0.2, 0.25) is 17.7 Å². The lowest BCUT2D eigenvalue weighted by molar-refractivity contribution is -0.142. The van der Waals surface area contributed by atoms with Crippen LogP contribution >= 0.6 is 24.4 Å². The van der Waals surface area contributed by atoms with Crippen LogP contribution in [-0.2, 0) is 19.2 Å². The lowest BCUT2D eigenvalue weighted by atomic mass is 10.1. The average molecular weight is 466 g/mol. The maximum atomic E-state index is 12.4. The molecule has 0 saturated heterocycles. The van der Waals surface area contributed by atoms with Crippen LogP contribution < -0.4 is 33.2 Å². The molecule has 3 amide bonds. The molecule has 0 aromatic rings. The summed E-state index contributed by atoms with van der Waals surface area (Å²) >= 11 is 5.43. The summed E-state index contributed by atoms with van der Waals surface area (Å²) in [6.07, 6.45) is 2.64. The number of aliphatic carboxylic acids is 1. The van der Waals surface area contributed by atoms with Crippen molar-refractivity contribution >= 4 is 54.0 Å². The Bertz CT molecular complexity index is 617. The van der Waals surface area contributed by atoms with E-state index in [9.17, 15) is 24.3 Å². The molecule has 3 unspecified atom stereocenters. The van der Waals surface area contributed by atoms with Crippen LogP contribution in [0.5, 0.6) is 0 Å². The predicted octanol–water partition coefficient (Wildman–Crippen LogP) is -2.78. The van der Waals surface area contributed by atoms with E-state index in [1.165, 1.54) is 11.8 Å². The van der Waals surface area contributed by atoms with Gasteiger partial charge in [-0.1, -0.05) is 0 Å². The number of rotatable bonds is 15. The summed E-state index contributed by atoms with van der Waals surface area (Å²) in [5.74, 6) is -2.39. The maximum Gasteiger partial charge on any atom is 0.326 e. The number of thiol groups is 1. The van der Waals surface area contributed by atoms with Crippen LogP contribution in [0.1, 0.15) is 19.3 Å². The molecule has 0 bridgehead atoms. The second-order valence-electron chi connectivity index (χ2n) is 6.26. The fourth-order valence-electron chi connectivity index (χ4n) is 2.16. The molecular formula is C16H31N7O5S2. The van der Waals surface area contributed by atoms with Crippen molar-refractivity contribution in [3.05, 3.63) is 0 Å². The third-order valence-electron chi connectivity index (χ3n) is 3.78. The van der Waals surface area contributed by atoms with Gasteiger partial charge < -0.3 is 38.3 Å². The molecule has 0 saturated carbocycles. The van der Waals surface area contributed by atoms with Gasteiger partial charge in [-0.25, -0.2) is 4.79 Å². The zero-order valence-electron chi connectivity index (χ0n) is 16.8. The highest BCUT2D eigenvalue weighted by molar-refractivity contribution is 7.98. The summed E-state index contributed by atoms with van der Waals surface area (Å²) in [7, 11) is 0. The van der Waals surface area contributed by atoms with Crippen LogP contribution in [0.3, 0.4) is 0 Å². The first-order valence-electron chi connectivity index (χ1n) is 9.13.